The molecule has 3 heterocycles. The third-order valence-electron chi connectivity index (χ3n) is 5.68. The minimum absolute atomic E-state index is 0.776. The van der Waals surface area contributed by atoms with Gasteiger partial charge in [-0.2, -0.15) is 4.52 Å². The van der Waals surface area contributed by atoms with E-state index < -0.39 is 0 Å². The average molecular weight is 373 g/mol. The molecule has 5 rings (SSSR count). The molecule has 1 fully saturated rings. The standard InChI is InChI=1S/C22H23N5O/c1-15-11-13-26(14-12-15)21-18-5-3-4-6-19(18)27-22(23-21)20(24-25-27)16-7-9-17(28-2)10-8-16/h3-10,15H,11-14H2,1-2H3. The van der Waals surface area contributed by atoms with Crippen LogP contribution in [0.5, 0.6) is 5.75 Å². The molecule has 6 heteroatoms. The molecule has 2 aromatic carbocycles. The summed E-state index contributed by atoms with van der Waals surface area (Å²) in [5.74, 6) is 2.63. The summed E-state index contributed by atoms with van der Waals surface area (Å²) in [5, 5.41) is 10.0. The normalized spacial score (nSPS) is 15.4. The van der Waals surface area contributed by atoms with E-state index in [-0.39, 0.29) is 0 Å². The monoisotopic (exact) mass is 373 g/mol. The number of rotatable bonds is 3. The third kappa shape index (κ3) is 2.76. The largest absolute Gasteiger partial charge is 0.497 e. The minimum Gasteiger partial charge on any atom is -0.497 e. The topological polar surface area (TPSA) is 55.6 Å². The van der Waals surface area contributed by atoms with Gasteiger partial charge in [-0.25, -0.2) is 4.98 Å². The number of para-hydroxylation sites is 1. The van der Waals surface area contributed by atoms with Gasteiger partial charge in [-0.15, -0.1) is 5.10 Å². The second-order valence-electron chi connectivity index (χ2n) is 7.52. The van der Waals surface area contributed by atoms with Crippen molar-refractivity contribution in [2.24, 2.45) is 5.92 Å². The first kappa shape index (κ1) is 17.0. The highest BCUT2D eigenvalue weighted by Crippen LogP contribution is 2.32. The molecule has 1 saturated heterocycles. The van der Waals surface area contributed by atoms with Crippen molar-refractivity contribution in [2.75, 3.05) is 25.1 Å². The Morgan fingerprint density at radius 2 is 1.75 bits per heavy atom. The smallest absolute Gasteiger partial charge is 0.186 e. The van der Waals surface area contributed by atoms with Gasteiger partial charge in [-0.3, -0.25) is 0 Å². The number of fused-ring (bicyclic) bond motifs is 3. The van der Waals surface area contributed by atoms with Crippen LogP contribution < -0.4 is 9.64 Å². The lowest BCUT2D eigenvalue weighted by Crippen LogP contribution is -2.33. The second-order valence-corrected chi connectivity index (χ2v) is 7.52. The van der Waals surface area contributed by atoms with Crippen LogP contribution in [0, 0.1) is 5.92 Å². The van der Waals surface area contributed by atoms with E-state index in [2.05, 4.69) is 40.3 Å². The molecule has 0 amide bonds. The van der Waals surface area contributed by atoms with Crippen molar-refractivity contribution in [1.29, 1.82) is 0 Å². The zero-order chi connectivity index (χ0) is 19.1. The number of hydrogen-bond donors (Lipinski definition) is 0. The van der Waals surface area contributed by atoms with Gasteiger partial charge < -0.3 is 9.64 Å². The SMILES string of the molecule is COc1ccc(-c2nnn3c2nc(N2CCC(C)CC2)c2ccccc23)cc1. The summed E-state index contributed by atoms with van der Waals surface area (Å²) in [6, 6.07) is 16.2. The highest BCUT2D eigenvalue weighted by atomic mass is 16.5. The van der Waals surface area contributed by atoms with Crippen LogP contribution in [-0.4, -0.2) is 40.0 Å². The van der Waals surface area contributed by atoms with Crippen LogP contribution in [0.1, 0.15) is 19.8 Å². The Bertz CT molecular complexity index is 1130. The van der Waals surface area contributed by atoms with E-state index in [0.717, 1.165) is 58.4 Å². The third-order valence-corrected chi connectivity index (χ3v) is 5.68. The van der Waals surface area contributed by atoms with E-state index in [9.17, 15) is 0 Å². The van der Waals surface area contributed by atoms with Crippen LogP contribution >= 0.6 is 0 Å². The van der Waals surface area contributed by atoms with E-state index in [0.29, 0.717) is 0 Å². The van der Waals surface area contributed by atoms with Gasteiger partial charge in [0, 0.05) is 24.0 Å². The summed E-state index contributed by atoms with van der Waals surface area (Å²) in [7, 11) is 1.67. The number of aromatic nitrogens is 4. The van der Waals surface area contributed by atoms with Gasteiger partial charge >= 0.3 is 0 Å². The molecule has 142 valence electrons. The van der Waals surface area contributed by atoms with E-state index in [1.165, 1.54) is 12.8 Å². The zero-order valence-electron chi connectivity index (χ0n) is 16.2. The number of ether oxygens (including phenoxy) is 1. The quantitative estimate of drug-likeness (QED) is 0.539. The van der Waals surface area contributed by atoms with Gasteiger partial charge in [0.2, 0.25) is 0 Å². The van der Waals surface area contributed by atoms with E-state index in [1.807, 2.05) is 34.8 Å². The molecule has 2 aromatic heterocycles. The first-order valence-electron chi connectivity index (χ1n) is 9.78. The Labute approximate surface area is 163 Å². The molecule has 0 saturated carbocycles. The fourth-order valence-corrected chi connectivity index (χ4v) is 3.94. The van der Waals surface area contributed by atoms with Gasteiger partial charge in [0.1, 0.15) is 17.3 Å². The summed E-state index contributed by atoms with van der Waals surface area (Å²) < 4.78 is 7.13. The summed E-state index contributed by atoms with van der Waals surface area (Å²) >= 11 is 0. The Morgan fingerprint density at radius 1 is 1.00 bits per heavy atom. The number of anilines is 1. The highest BCUT2D eigenvalue weighted by molar-refractivity contribution is 5.93. The summed E-state index contributed by atoms with van der Waals surface area (Å²) in [4.78, 5) is 7.47. The Hall–Kier alpha value is -3.15. The fourth-order valence-electron chi connectivity index (χ4n) is 3.94. The van der Waals surface area contributed by atoms with Gasteiger partial charge in [0.15, 0.2) is 5.65 Å². The van der Waals surface area contributed by atoms with Crippen LogP contribution in [0.15, 0.2) is 48.5 Å². The Kier molecular flexibility index (Phi) is 4.11. The lowest BCUT2D eigenvalue weighted by atomic mass is 9.99. The van der Waals surface area contributed by atoms with Crippen molar-refractivity contribution in [3.8, 4) is 17.0 Å². The first-order chi connectivity index (χ1) is 13.7. The van der Waals surface area contributed by atoms with Crippen molar-refractivity contribution >= 4 is 22.4 Å². The molecule has 28 heavy (non-hydrogen) atoms. The molecule has 4 aromatic rings. The Balaban J connectivity index is 1.70. The molecule has 1 aliphatic rings. The van der Waals surface area contributed by atoms with Crippen LogP contribution in [-0.2, 0) is 0 Å². The predicted octanol–water partition coefficient (Wildman–Crippen LogP) is 4.19. The molecular weight excluding hydrogens is 350 g/mol. The summed E-state index contributed by atoms with van der Waals surface area (Å²) in [6.45, 7) is 4.40. The number of nitrogens with zero attached hydrogens (tertiary/aromatic N) is 5. The molecular formula is C22H23N5O. The molecule has 0 radical (unpaired) electrons. The Morgan fingerprint density at radius 3 is 2.50 bits per heavy atom. The van der Waals surface area contributed by atoms with Crippen molar-refractivity contribution in [3.05, 3.63) is 48.5 Å². The van der Waals surface area contributed by atoms with Gasteiger partial charge in [0.25, 0.3) is 0 Å². The maximum Gasteiger partial charge on any atom is 0.186 e. The van der Waals surface area contributed by atoms with Crippen molar-refractivity contribution in [2.45, 2.75) is 19.8 Å². The predicted molar refractivity (Wildman–Crippen MR) is 111 cm³/mol. The molecule has 0 unspecified atom stereocenters. The number of benzene rings is 2. The molecule has 1 aliphatic heterocycles. The summed E-state index contributed by atoms with van der Waals surface area (Å²) in [6.07, 6.45) is 2.40. The van der Waals surface area contributed by atoms with E-state index in [1.54, 1.807) is 7.11 Å². The van der Waals surface area contributed by atoms with Crippen molar-refractivity contribution in [1.82, 2.24) is 19.8 Å². The molecule has 0 atom stereocenters. The highest BCUT2D eigenvalue weighted by Gasteiger charge is 2.22. The van der Waals surface area contributed by atoms with Crippen LogP contribution in [0.4, 0.5) is 5.82 Å². The molecule has 0 aliphatic carbocycles. The van der Waals surface area contributed by atoms with Gasteiger partial charge in [-0.1, -0.05) is 24.3 Å². The lowest BCUT2D eigenvalue weighted by Gasteiger charge is -2.32. The van der Waals surface area contributed by atoms with Crippen LogP contribution in [0.25, 0.3) is 27.8 Å². The maximum atomic E-state index is 5.28. The van der Waals surface area contributed by atoms with Gasteiger partial charge in [-0.05, 0) is 55.2 Å². The van der Waals surface area contributed by atoms with E-state index in [4.69, 9.17) is 9.72 Å². The van der Waals surface area contributed by atoms with Gasteiger partial charge in [0.05, 0.1) is 12.6 Å². The second kappa shape index (κ2) is 6.78. The zero-order valence-corrected chi connectivity index (χ0v) is 16.2. The fraction of sp³-hybridized carbons (Fsp3) is 0.318. The molecule has 0 N–H and O–H groups in total. The molecule has 0 spiro atoms. The van der Waals surface area contributed by atoms with Crippen molar-refractivity contribution < 1.29 is 4.74 Å². The molecule has 0 bridgehead atoms. The van der Waals surface area contributed by atoms with E-state index >= 15 is 0 Å². The lowest BCUT2D eigenvalue weighted by molar-refractivity contribution is 0.415. The minimum atomic E-state index is 0.776. The van der Waals surface area contributed by atoms with Crippen molar-refractivity contribution in [3.63, 3.8) is 0 Å². The number of piperidine rings is 1. The number of methoxy groups -OCH3 is 1. The number of hydrogen-bond acceptors (Lipinski definition) is 5. The first-order valence-corrected chi connectivity index (χ1v) is 9.78. The summed E-state index contributed by atoms with van der Waals surface area (Å²) in [5.41, 5.74) is 3.60. The molecule has 6 nitrogen and oxygen atoms in total. The maximum absolute atomic E-state index is 5.28. The average Bonchev–Trinajstić information content (AvgIpc) is 3.18. The van der Waals surface area contributed by atoms with Crippen LogP contribution in [0.3, 0.4) is 0 Å². The van der Waals surface area contributed by atoms with Crippen LogP contribution in [0.2, 0.25) is 0 Å².